The van der Waals surface area contributed by atoms with Gasteiger partial charge in [-0.15, -0.1) is 0 Å². The van der Waals surface area contributed by atoms with Gasteiger partial charge in [-0.05, 0) is 19.8 Å². The molecule has 0 aromatic carbocycles. The summed E-state index contributed by atoms with van der Waals surface area (Å²) < 4.78 is 0. The minimum Gasteiger partial charge on any atom is -0.0950 e. The summed E-state index contributed by atoms with van der Waals surface area (Å²) in [4.78, 5) is 0. The molecule has 0 atom stereocenters. The maximum absolute atomic E-state index is 3.67. The van der Waals surface area contributed by atoms with Crippen LogP contribution in [0.1, 0.15) is 47.5 Å². The van der Waals surface area contributed by atoms with Crippen LogP contribution in [0.4, 0.5) is 0 Å². The molecule has 0 aromatic rings. The first-order valence-electron chi connectivity index (χ1n) is 6.44. The van der Waals surface area contributed by atoms with Gasteiger partial charge in [0.1, 0.15) is 0 Å². The van der Waals surface area contributed by atoms with E-state index in [2.05, 4.69) is 40.7 Å². The normalized spacial score (nSPS) is 10.7. The fraction of sp³-hybridized carbons (Fsp3) is 0.786. The standard InChI is InChI=1S/C6H11.2C4H9.Al.H/c1-3-5-6-4-2;2*1-4(2)3;;/h4,6H,1,3,5H2,2H3;2*4H,1H2,2-3H3;;. The molecule has 0 heterocycles. The third-order valence-corrected chi connectivity index (χ3v) is 5.30. The highest BCUT2D eigenvalue weighted by molar-refractivity contribution is 6.35. The predicted molar refractivity (Wildman–Crippen MR) is 75.8 cm³/mol. The highest BCUT2D eigenvalue weighted by Gasteiger charge is 1.99. The molecule has 0 saturated heterocycles. The van der Waals surface area contributed by atoms with Gasteiger partial charge >= 0.3 is 0 Å². The summed E-state index contributed by atoms with van der Waals surface area (Å²) >= 11 is 0.316. The monoisotopic (exact) mass is 225 g/mol. The van der Waals surface area contributed by atoms with Gasteiger partial charge in [0.25, 0.3) is 0 Å². The molecule has 1 radical (unpaired) electrons. The lowest BCUT2D eigenvalue weighted by Gasteiger charge is -2.03. The fourth-order valence-corrected chi connectivity index (χ4v) is 3.09. The van der Waals surface area contributed by atoms with Gasteiger partial charge in [0.05, 0.1) is 0 Å². The number of rotatable bonds is 6. The van der Waals surface area contributed by atoms with E-state index in [4.69, 9.17) is 0 Å². The number of allylic oxidation sites excluding steroid dienone is 2. The van der Waals surface area contributed by atoms with E-state index < -0.39 is 0 Å². The van der Waals surface area contributed by atoms with Gasteiger partial charge in [0.2, 0.25) is 15.2 Å². The number of unbranched alkanes of at least 4 members (excludes halogenated alkanes) is 1. The molecule has 0 aliphatic carbocycles. The first-order valence-corrected chi connectivity index (χ1v) is 8.44. The Kier molecular flexibility index (Phi) is 16.8. The lowest BCUT2D eigenvalue weighted by molar-refractivity contribution is 0.700. The second-order valence-corrected chi connectivity index (χ2v) is 6.79. The third-order valence-electron chi connectivity index (χ3n) is 2.17. The summed E-state index contributed by atoms with van der Waals surface area (Å²) in [6, 6.07) is 0. The average Bonchev–Trinajstić information content (AvgIpc) is 2.14. The predicted octanol–water partition coefficient (Wildman–Crippen LogP) is 4.75. The molecular weight excluding hydrogens is 195 g/mol. The van der Waals surface area contributed by atoms with Crippen LogP contribution < -0.4 is 0 Å². The van der Waals surface area contributed by atoms with Crippen LogP contribution in [0.25, 0.3) is 0 Å². The third kappa shape index (κ3) is 25.0. The van der Waals surface area contributed by atoms with Crippen LogP contribution in [-0.4, -0.2) is 15.2 Å². The van der Waals surface area contributed by atoms with Crippen molar-refractivity contribution in [3.63, 3.8) is 0 Å². The Balaban J connectivity index is 0. The molecule has 0 aliphatic heterocycles. The van der Waals surface area contributed by atoms with Gasteiger partial charge in [-0.2, -0.15) is 0 Å². The number of hydrogen-bond acceptors (Lipinski definition) is 0. The zero-order chi connectivity index (χ0) is 12.1. The SMILES string of the molecule is CC(C)[CH2][AlH][CH2]C(C)C.[CH2]CCC=CC. The molecule has 0 spiro atoms. The minimum atomic E-state index is 0.316. The van der Waals surface area contributed by atoms with Crippen LogP contribution in [0, 0.1) is 18.8 Å². The zero-order valence-electron chi connectivity index (χ0n) is 11.6. The molecule has 89 valence electrons. The zero-order valence-corrected chi connectivity index (χ0v) is 13.0. The smallest absolute Gasteiger partial charge is 0.0950 e. The summed E-state index contributed by atoms with van der Waals surface area (Å²) in [6.07, 6.45) is 6.30. The van der Waals surface area contributed by atoms with E-state index in [1.165, 1.54) is 10.6 Å². The maximum atomic E-state index is 3.67. The first-order chi connectivity index (χ1) is 7.04. The van der Waals surface area contributed by atoms with E-state index in [0.29, 0.717) is 15.2 Å². The van der Waals surface area contributed by atoms with Crippen molar-refractivity contribution >= 4 is 15.2 Å². The Labute approximate surface area is 104 Å². The highest BCUT2D eigenvalue weighted by atomic mass is 27.1. The van der Waals surface area contributed by atoms with E-state index in [1.807, 2.05) is 13.0 Å². The molecule has 0 aromatic heterocycles. The quantitative estimate of drug-likeness (QED) is 0.452. The summed E-state index contributed by atoms with van der Waals surface area (Å²) in [5.74, 6) is 1.91. The summed E-state index contributed by atoms with van der Waals surface area (Å²) in [6.45, 7) is 15.0. The van der Waals surface area contributed by atoms with Crippen molar-refractivity contribution in [1.82, 2.24) is 0 Å². The second kappa shape index (κ2) is 14.3. The van der Waals surface area contributed by atoms with Crippen LogP contribution in [0.3, 0.4) is 0 Å². The molecule has 0 aliphatic rings. The average molecular weight is 225 g/mol. The fourth-order valence-electron chi connectivity index (χ4n) is 1.22. The molecule has 0 nitrogen and oxygen atoms in total. The molecule has 0 rings (SSSR count). The summed E-state index contributed by atoms with van der Waals surface area (Å²) in [7, 11) is 0. The van der Waals surface area contributed by atoms with Crippen molar-refractivity contribution in [3.8, 4) is 0 Å². The van der Waals surface area contributed by atoms with E-state index >= 15 is 0 Å². The molecule has 1 heteroatoms. The topological polar surface area (TPSA) is 0 Å². The van der Waals surface area contributed by atoms with Gasteiger partial charge < -0.3 is 0 Å². The minimum absolute atomic E-state index is 0.316. The molecule has 0 N–H and O–H groups in total. The van der Waals surface area contributed by atoms with E-state index in [9.17, 15) is 0 Å². The number of hydrogen-bond donors (Lipinski definition) is 0. The van der Waals surface area contributed by atoms with Crippen molar-refractivity contribution in [1.29, 1.82) is 0 Å². The van der Waals surface area contributed by atoms with Crippen LogP contribution in [-0.2, 0) is 0 Å². The second-order valence-electron chi connectivity index (χ2n) is 4.93. The van der Waals surface area contributed by atoms with Crippen molar-refractivity contribution < 1.29 is 0 Å². The van der Waals surface area contributed by atoms with E-state index in [1.54, 1.807) is 0 Å². The molecule has 0 bridgehead atoms. The molecule has 0 amide bonds. The molecule has 0 unspecified atom stereocenters. The van der Waals surface area contributed by atoms with Gasteiger partial charge in [-0.3, -0.25) is 0 Å². The van der Waals surface area contributed by atoms with Crippen LogP contribution in [0.2, 0.25) is 10.6 Å². The van der Waals surface area contributed by atoms with Crippen molar-refractivity contribution in [3.05, 3.63) is 19.1 Å². The van der Waals surface area contributed by atoms with Crippen LogP contribution >= 0.6 is 0 Å². The van der Waals surface area contributed by atoms with Gasteiger partial charge in [-0.1, -0.05) is 69.2 Å². The largest absolute Gasteiger partial charge is 0.237 e. The van der Waals surface area contributed by atoms with E-state index in [-0.39, 0.29) is 0 Å². The van der Waals surface area contributed by atoms with Crippen LogP contribution in [0.15, 0.2) is 12.2 Å². The molecule has 15 heavy (non-hydrogen) atoms. The Morgan fingerprint density at radius 1 is 1.07 bits per heavy atom. The Hall–Kier alpha value is 0.272. The highest BCUT2D eigenvalue weighted by Crippen LogP contribution is 2.05. The lowest BCUT2D eigenvalue weighted by Crippen LogP contribution is -1.99. The van der Waals surface area contributed by atoms with Gasteiger partial charge in [-0.25, -0.2) is 0 Å². The van der Waals surface area contributed by atoms with Crippen molar-refractivity contribution in [2.75, 3.05) is 0 Å². The van der Waals surface area contributed by atoms with E-state index in [0.717, 1.165) is 24.7 Å². The van der Waals surface area contributed by atoms with Gasteiger partial charge in [0, 0.05) is 0 Å². The molecule has 0 fully saturated rings. The van der Waals surface area contributed by atoms with Crippen LogP contribution in [0.5, 0.6) is 0 Å². The summed E-state index contributed by atoms with van der Waals surface area (Å²) in [5.41, 5.74) is 0. The Morgan fingerprint density at radius 3 is 1.73 bits per heavy atom. The Morgan fingerprint density at radius 2 is 1.53 bits per heavy atom. The molecular formula is C14H30Al. The Bertz CT molecular complexity index is 117. The molecule has 0 saturated carbocycles. The van der Waals surface area contributed by atoms with Crippen molar-refractivity contribution in [2.24, 2.45) is 11.8 Å². The first kappa shape index (κ1) is 17.7. The van der Waals surface area contributed by atoms with Crippen molar-refractivity contribution in [2.45, 2.75) is 58.0 Å². The summed E-state index contributed by atoms with van der Waals surface area (Å²) in [5, 5.41) is 3.08. The van der Waals surface area contributed by atoms with Gasteiger partial charge in [0.15, 0.2) is 0 Å². The maximum Gasteiger partial charge on any atom is 0.237 e. The lowest BCUT2D eigenvalue weighted by atomic mass is 10.3.